The fourth-order valence-corrected chi connectivity index (χ4v) is 2.94. The van der Waals surface area contributed by atoms with Crippen molar-refractivity contribution in [3.8, 4) is 0 Å². The molecule has 3 rings (SSSR count). The van der Waals surface area contributed by atoms with Crippen molar-refractivity contribution in [3.63, 3.8) is 0 Å². The molecule has 1 aliphatic rings. The van der Waals surface area contributed by atoms with Crippen molar-refractivity contribution in [1.82, 2.24) is 15.2 Å². The molecule has 25 heavy (non-hydrogen) atoms. The zero-order valence-electron chi connectivity index (χ0n) is 14.6. The first-order valence-corrected chi connectivity index (χ1v) is 8.80. The first kappa shape index (κ1) is 17.4. The van der Waals surface area contributed by atoms with E-state index >= 15 is 0 Å². The highest BCUT2D eigenvalue weighted by Gasteiger charge is 2.24. The van der Waals surface area contributed by atoms with E-state index in [2.05, 4.69) is 29.4 Å². The van der Waals surface area contributed by atoms with Gasteiger partial charge in [0.25, 0.3) is 0 Å². The molecule has 132 valence electrons. The van der Waals surface area contributed by atoms with E-state index in [1.807, 2.05) is 35.2 Å². The van der Waals surface area contributed by atoms with Crippen LogP contribution < -0.4 is 5.32 Å². The van der Waals surface area contributed by atoms with Crippen LogP contribution in [-0.2, 0) is 17.9 Å². The maximum Gasteiger partial charge on any atom is 0.317 e. The molecular weight excluding hydrogens is 314 g/mol. The molecule has 1 aromatic heterocycles. The smallest absolute Gasteiger partial charge is 0.317 e. The number of carbonyl (C=O) groups excluding carboxylic acids is 1. The van der Waals surface area contributed by atoms with E-state index < -0.39 is 0 Å². The fourth-order valence-electron chi connectivity index (χ4n) is 2.94. The zero-order valence-corrected chi connectivity index (χ0v) is 14.6. The molecule has 2 amide bonds. The third-order valence-electron chi connectivity index (χ3n) is 4.42. The Kier molecular flexibility index (Phi) is 6.01. The Labute approximate surface area is 149 Å². The predicted octanol–water partition coefficient (Wildman–Crippen LogP) is 3.28. The van der Waals surface area contributed by atoms with E-state index in [1.165, 1.54) is 5.56 Å². The van der Waals surface area contributed by atoms with E-state index in [0.29, 0.717) is 19.7 Å². The minimum Gasteiger partial charge on any atom is -0.370 e. The Morgan fingerprint density at radius 2 is 2.12 bits per heavy atom. The Hall–Kier alpha value is -2.40. The summed E-state index contributed by atoms with van der Waals surface area (Å²) in [5.41, 5.74) is 3.25. The molecule has 5 nitrogen and oxygen atoms in total. The number of ether oxygens (including phenoxy) is 1. The molecule has 0 radical (unpaired) electrons. The summed E-state index contributed by atoms with van der Waals surface area (Å²) in [7, 11) is 0. The predicted molar refractivity (Wildman–Crippen MR) is 97.0 cm³/mol. The summed E-state index contributed by atoms with van der Waals surface area (Å²) in [6, 6.07) is 14.0. The second-order valence-electron chi connectivity index (χ2n) is 6.49. The number of rotatable bonds is 5. The lowest BCUT2D eigenvalue weighted by Gasteiger charge is -2.32. The van der Waals surface area contributed by atoms with Gasteiger partial charge in [0, 0.05) is 25.8 Å². The number of amides is 2. The van der Waals surface area contributed by atoms with Crippen molar-refractivity contribution in [3.05, 3.63) is 65.5 Å². The third-order valence-corrected chi connectivity index (χ3v) is 4.42. The average Bonchev–Trinajstić information content (AvgIpc) is 2.67. The van der Waals surface area contributed by atoms with Gasteiger partial charge in [-0.25, -0.2) is 4.79 Å². The van der Waals surface area contributed by atoms with E-state index in [1.54, 1.807) is 6.20 Å². The second-order valence-corrected chi connectivity index (χ2v) is 6.49. The van der Waals surface area contributed by atoms with E-state index in [4.69, 9.17) is 4.74 Å². The molecule has 0 aliphatic carbocycles. The first-order chi connectivity index (χ1) is 12.2. The molecule has 1 N–H and O–H groups in total. The van der Waals surface area contributed by atoms with Crippen LogP contribution in [0.25, 0.3) is 0 Å². The number of nitrogens with one attached hydrogen (secondary N) is 1. The molecule has 2 aromatic rings. The van der Waals surface area contributed by atoms with Gasteiger partial charge in [-0.05, 0) is 37.5 Å². The monoisotopic (exact) mass is 339 g/mol. The SMILES string of the molecule is Cc1ccc(CNC(=O)N2CCC[C@H](OCc3ccccn3)C2)cc1. The van der Waals surface area contributed by atoms with Crippen LogP contribution in [-0.4, -0.2) is 35.1 Å². The second kappa shape index (κ2) is 8.62. The largest absolute Gasteiger partial charge is 0.370 e. The number of likely N-dealkylation sites (tertiary alicyclic amines) is 1. The van der Waals surface area contributed by atoms with Crippen molar-refractivity contribution >= 4 is 6.03 Å². The quantitative estimate of drug-likeness (QED) is 0.909. The minimum absolute atomic E-state index is 0.0216. The Balaban J connectivity index is 1.45. The van der Waals surface area contributed by atoms with Gasteiger partial charge in [0.15, 0.2) is 0 Å². The molecule has 1 aromatic carbocycles. The number of carbonyl (C=O) groups is 1. The number of hydrogen-bond donors (Lipinski definition) is 1. The molecule has 0 unspecified atom stereocenters. The molecule has 5 heteroatoms. The normalized spacial score (nSPS) is 17.3. The Morgan fingerprint density at radius 3 is 2.88 bits per heavy atom. The summed E-state index contributed by atoms with van der Waals surface area (Å²) >= 11 is 0. The molecule has 0 spiro atoms. The molecule has 0 saturated carbocycles. The third kappa shape index (κ3) is 5.29. The number of aryl methyl sites for hydroxylation is 1. The molecular formula is C20H25N3O2. The van der Waals surface area contributed by atoms with Gasteiger partial charge >= 0.3 is 6.03 Å². The molecule has 2 heterocycles. The fraction of sp³-hybridized carbons (Fsp3) is 0.400. The molecule has 1 fully saturated rings. The standard InChI is InChI=1S/C20H25N3O2/c1-16-7-9-17(10-8-16)13-22-20(24)23-12-4-6-19(14-23)25-15-18-5-2-3-11-21-18/h2-3,5,7-11,19H,4,6,12-15H2,1H3,(H,22,24)/t19-/m0/s1. The van der Waals surface area contributed by atoms with Gasteiger partial charge in [-0.3, -0.25) is 4.98 Å². The lowest BCUT2D eigenvalue weighted by molar-refractivity contribution is -0.00168. The summed E-state index contributed by atoms with van der Waals surface area (Å²) in [6.45, 7) is 4.51. The summed E-state index contributed by atoms with van der Waals surface area (Å²) in [5, 5.41) is 3.00. The number of aromatic nitrogens is 1. The first-order valence-electron chi connectivity index (χ1n) is 8.80. The van der Waals surface area contributed by atoms with Crippen LogP contribution in [0.5, 0.6) is 0 Å². The van der Waals surface area contributed by atoms with Crippen molar-refractivity contribution in [2.24, 2.45) is 0 Å². The average molecular weight is 339 g/mol. The van der Waals surface area contributed by atoms with E-state index in [0.717, 1.165) is 30.6 Å². The van der Waals surface area contributed by atoms with E-state index in [-0.39, 0.29) is 12.1 Å². The van der Waals surface area contributed by atoms with Gasteiger partial charge in [-0.2, -0.15) is 0 Å². The lowest BCUT2D eigenvalue weighted by atomic mass is 10.1. The summed E-state index contributed by atoms with van der Waals surface area (Å²) in [6.07, 6.45) is 3.78. The lowest BCUT2D eigenvalue weighted by Crippen LogP contribution is -2.47. The number of nitrogens with zero attached hydrogens (tertiary/aromatic N) is 2. The number of pyridine rings is 1. The number of hydrogen-bond acceptors (Lipinski definition) is 3. The Morgan fingerprint density at radius 1 is 1.28 bits per heavy atom. The van der Waals surface area contributed by atoms with Crippen LogP contribution in [0, 0.1) is 6.92 Å². The van der Waals surface area contributed by atoms with Gasteiger partial charge in [0.05, 0.1) is 18.4 Å². The van der Waals surface area contributed by atoms with Gasteiger partial charge in [0.1, 0.15) is 0 Å². The van der Waals surface area contributed by atoms with E-state index in [9.17, 15) is 4.79 Å². The van der Waals surface area contributed by atoms with Crippen LogP contribution >= 0.6 is 0 Å². The van der Waals surface area contributed by atoms with Crippen LogP contribution in [0.1, 0.15) is 29.7 Å². The van der Waals surface area contributed by atoms with Crippen molar-refractivity contribution in [1.29, 1.82) is 0 Å². The van der Waals surface area contributed by atoms with Crippen LogP contribution in [0.15, 0.2) is 48.7 Å². The van der Waals surface area contributed by atoms with Crippen molar-refractivity contribution in [2.45, 2.75) is 39.0 Å². The van der Waals surface area contributed by atoms with Crippen molar-refractivity contribution < 1.29 is 9.53 Å². The molecule has 1 aliphatic heterocycles. The van der Waals surface area contributed by atoms with Gasteiger partial charge in [-0.1, -0.05) is 35.9 Å². The highest BCUT2D eigenvalue weighted by Crippen LogP contribution is 2.15. The topological polar surface area (TPSA) is 54.5 Å². The molecule has 0 bridgehead atoms. The molecule has 1 atom stereocenters. The molecule has 1 saturated heterocycles. The number of urea groups is 1. The number of benzene rings is 1. The van der Waals surface area contributed by atoms with Gasteiger partial charge in [0.2, 0.25) is 0 Å². The number of piperidine rings is 1. The highest BCUT2D eigenvalue weighted by molar-refractivity contribution is 5.74. The Bertz CT molecular complexity index is 673. The summed E-state index contributed by atoms with van der Waals surface area (Å²) < 4.78 is 5.94. The minimum atomic E-state index is -0.0216. The summed E-state index contributed by atoms with van der Waals surface area (Å²) in [5.74, 6) is 0. The van der Waals surface area contributed by atoms with Crippen molar-refractivity contribution in [2.75, 3.05) is 13.1 Å². The highest BCUT2D eigenvalue weighted by atomic mass is 16.5. The maximum atomic E-state index is 12.4. The van der Waals surface area contributed by atoms with Crippen LogP contribution in [0.4, 0.5) is 4.79 Å². The maximum absolute atomic E-state index is 12.4. The van der Waals surface area contributed by atoms with Crippen LogP contribution in [0.3, 0.4) is 0 Å². The zero-order chi connectivity index (χ0) is 17.5. The summed E-state index contributed by atoms with van der Waals surface area (Å²) in [4.78, 5) is 18.5. The van der Waals surface area contributed by atoms with Gasteiger partial charge in [-0.15, -0.1) is 0 Å². The van der Waals surface area contributed by atoms with Gasteiger partial charge < -0.3 is 15.0 Å². The van der Waals surface area contributed by atoms with Crippen LogP contribution in [0.2, 0.25) is 0 Å².